The number of aryl methyl sites for hydroxylation is 1. The van der Waals surface area contributed by atoms with Crippen molar-refractivity contribution in [2.75, 3.05) is 13.1 Å². The van der Waals surface area contributed by atoms with Gasteiger partial charge in [0.15, 0.2) is 0 Å². The number of hydrogen-bond donors (Lipinski definition) is 1. The summed E-state index contributed by atoms with van der Waals surface area (Å²) in [6, 6.07) is 3.57. The van der Waals surface area contributed by atoms with Crippen LogP contribution in [0.25, 0.3) is 11.5 Å². The molecular weight excluding hydrogens is 276 g/mol. The van der Waals surface area contributed by atoms with Gasteiger partial charge in [0.25, 0.3) is 0 Å². The van der Waals surface area contributed by atoms with Gasteiger partial charge in [-0.05, 0) is 50.4 Å². The molecule has 106 valence electrons. The Hall–Kier alpha value is -1.46. The number of halogens is 1. The van der Waals surface area contributed by atoms with Crippen molar-refractivity contribution in [3.63, 3.8) is 0 Å². The Bertz CT molecular complexity index is 549. The Kier molecular flexibility index (Phi) is 4.28. The Morgan fingerprint density at radius 1 is 1.30 bits per heavy atom. The molecule has 2 aromatic heterocycles. The molecule has 1 aliphatic rings. The Morgan fingerprint density at radius 3 is 2.90 bits per heavy atom. The van der Waals surface area contributed by atoms with Gasteiger partial charge in [-0.2, -0.15) is 4.98 Å². The maximum Gasteiger partial charge on any atom is 0.227 e. The van der Waals surface area contributed by atoms with Gasteiger partial charge in [0.2, 0.25) is 11.7 Å². The second kappa shape index (κ2) is 6.33. The molecule has 1 saturated heterocycles. The lowest BCUT2D eigenvalue weighted by Crippen LogP contribution is -2.27. The van der Waals surface area contributed by atoms with E-state index < -0.39 is 0 Å². The molecule has 0 atom stereocenters. The fourth-order valence-corrected chi connectivity index (χ4v) is 2.58. The number of aromatic nitrogens is 3. The summed E-state index contributed by atoms with van der Waals surface area (Å²) in [5.41, 5.74) is 0.686. The molecule has 0 radical (unpaired) electrons. The van der Waals surface area contributed by atoms with Crippen molar-refractivity contribution in [3.8, 4) is 11.5 Å². The van der Waals surface area contributed by atoms with Crippen molar-refractivity contribution >= 4 is 11.6 Å². The summed E-state index contributed by atoms with van der Waals surface area (Å²) in [5.74, 6) is 1.98. The Balaban J connectivity index is 1.60. The number of nitrogens with one attached hydrogen (secondary N) is 1. The minimum absolute atomic E-state index is 0.530. The third-order valence-electron chi connectivity index (χ3n) is 3.65. The average Bonchev–Trinajstić information content (AvgIpc) is 2.96. The quantitative estimate of drug-likeness (QED) is 0.939. The standard InChI is InChI=1S/C14H17ClN4O/c15-11-2-3-12(17-9-11)14-18-13(20-19-14)4-1-10-5-7-16-8-6-10/h2-3,9-10,16H,1,4-8H2. The number of pyridine rings is 1. The van der Waals surface area contributed by atoms with Gasteiger partial charge in [-0.15, -0.1) is 0 Å². The minimum atomic E-state index is 0.530. The lowest BCUT2D eigenvalue weighted by Gasteiger charge is -2.21. The highest BCUT2D eigenvalue weighted by Gasteiger charge is 2.15. The van der Waals surface area contributed by atoms with Crippen molar-refractivity contribution in [1.29, 1.82) is 0 Å². The van der Waals surface area contributed by atoms with Crippen molar-refractivity contribution in [3.05, 3.63) is 29.2 Å². The second-order valence-corrected chi connectivity index (χ2v) is 5.54. The monoisotopic (exact) mass is 292 g/mol. The minimum Gasteiger partial charge on any atom is -0.339 e. The van der Waals surface area contributed by atoms with Gasteiger partial charge in [0.05, 0.1) is 5.02 Å². The van der Waals surface area contributed by atoms with Crippen molar-refractivity contribution in [2.45, 2.75) is 25.7 Å². The molecule has 3 heterocycles. The highest BCUT2D eigenvalue weighted by Crippen LogP contribution is 2.20. The van der Waals surface area contributed by atoms with Crippen LogP contribution in [0.15, 0.2) is 22.9 Å². The highest BCUT2D eigenvalue weighted by molar-refractivity contribution is 6.30. The molecule has 1 N–H and O–H groups in total. The molecule has 0 unspecified atom stereocenters. The van der Waals surface area contributed by atoms with Crippen molar-refractivity contribution in [2.24, 2.45) is 5.92 Å². The van der Waals surface area contributed by atoms with Crippen LogP contribution < -0.4 is 5.32 Å². The van der Waals surface area contributed by atoms with Crippen LogP contribution in [-0.2, 0) is 6.42 Å². The Morgan fingerprint density at radius 2 is 2.15 bits per heavy atom. The summed E-state index contributed by atoms with van der Waals surface area (Å²) >= 11 is 5.81. The predicted molar refractivity (Wildman–Crippen MR) is 76.5 cm³/mol. The zero-order chi connectivity index (χ0) is 13.8. The van der Waals surface area contributed by atoms with Gasteiger partial charge in [0.1, 0.15) is 5.69 Å². The summed E-state index contributed by atoms with van der Waals surface area (Å²) in [6.07, 6.45) is 6.00. The first kappa shape index (κ1) is 13.5. The van der Waals surface area contributed by atoms with Crippen LogP contribution in [0.1, 0.15) is 25.2 Å². The van der Waals surface area contributed by atoms with Crippen LogP contribution in [-0.4, -0.2) is 28.2 Å². The molecule has 3 rings (SSSR count). The van der Waals surface area contributed by atoms with E-state index in [1.165, 1.54) is 12.8 Å². The van der Waals surface area contributed by atoms with E-state index >= 15 is 0 Å². The molecule has 0 amide bonds. The predicted octanol–water partition coefficient (Wildman–Crippen LogP) is 2.72. The largest absolute Gasteiger partial charge is 0.339 e. The lowest BCUT2D eigenvalue weighted by atomic mass is 9.93. The van der Waals surface area contributed by atoms with Gasteiger partial charge in [-0.1, -0.05) is 16.8 Å². The van der Waals surface area contributed by atoms with Gasteiger partial charge in [0, 0.05) is 12.6 Å². The third kappa shape index (κ3) is 3.35. The van der Waals surface area contributed by atoms with Crippen molar-refractivity contribution in [1.82, 2.24) is 20.4 Å². The summed E-state index contributed by atoms with van der Waals surface area (Å²) in [5, 5.41) is 7.95. The molecule has 1 aliphatic heterocycles. The second-order valence-electron chi connectivity index (χ2n) is 5.11. The first-order valence-electron chi connectivity index (χ1n) is 6.96. The molecule has 20 heavy (non-hydrogen) atoms. The molecule has 0 saturated carbocycles. The SMILES string of the molecule is Clc1ccc(-c2noc(CCC3CCNCC3)n2)nc1. The highest BCUT2D eigenvalue weighted by atomic mass is 35.5. The van der Waals surface area contributed by atoms with E-state index in [4.69, 9.17) is 16.1 Å². The molecule has 0 bridgehead atoms. The zero-order valence-electron chi connectivity index (χ0n) is 11.2. The molecular formula is C14H17ClN4O. The van der Waals surface area contributed by atoms with Crippen molar-refractivity contribution < 1.29 is 4.52 Å². The fraction of sp³-hybridized carbons (Fsp3) is 0.500. The molecule has 0 aromatic carbocycles. The summed E-state index contributed by atoms with van der Waals surface area (Å²) < 4.78 is 5.29. The number of rotatable bonds is 4. The third-order valence-corrected chi connectivity index (χ3v) is 3.87. The topological polar surface area (TPSA) is 63.8 Å². The summed E-state index contributed by atoms with van der Waals surface area (Å²) in [6.45, 7) is 2.24. The van der Waals surface area contributed by atoms with E-state index in [1.807, 2.05) is 0 Å². The number of hydrogen-bond acceptors (Lipinski definition) is 5. The van der Waals surface area contributed by atoms with Crippen LogP contribution in [0, 0.1) is 5.92 Å². The molecule has 5 nitrogen and oxygen atoms in total. The van der Waals surface area contributed by atoms with E-state index in [9.17, 15) is 0 Å². The molecule has 0 aliphatic carbocycles. The molecule has 6 heteroatoms. The van der Waals surface area contributed by atoms with Gasteiger partial charge in [-0.25, -0.2) is 0 Å². The normalized spacial score (nSPS) is 16.4. The maximum atomic E-state index is 5.81. The zero-order valence-corrected chi connectivity index (χ0v) is 11.9. The van der Waals surface area contributed by atoms with E-state index in [0.717, 1.165) is 31.8 Å². The van der Waals surface area contributed by atoms with Crippen LogP contribution in [0.4, 0.5) is 0 Å². The fourth-order valence-electron chi connectivity index (χ4n) is 2.47. The first-order chi connectivity index (χ1) is 9.81. The maximum absolute atomic E-state index is 5.81. The average molecular weight is 293 g/mol. The van der Waals surface area contributed by atoms with Crippen LogP contribution in [0.2, 0.25) is 5.02 Å². The molecule has 2 aromatic rings. The summed E-state index contributed by atoms with van der Waals surface area (Å²) in [7, 11) is 0. The van der Waals surface area contributed by atoms with E-state index in [1.54, 1.807) is 18.3 Å². The van der Waals surface area contributed by atoms with Gasteiger partial charge < -0.3 is 9.84 Å². The van der Waals surface area contributed by atoms with Crippen LogP contribution in [0.5, 0.6) is 0 Å². The Labute approximate surface area is 122 Å². The van der Waals surface area contributed by atoms with E-state index in [2.05, 4.69) is 20.4 Å². The van der Waals surface area contributed by atoms with E-state index in [-0.39, 0.29) is 0 Å². The molecule has 1 fully saturated rings. The number of nitrogens with zero attached hydrogens (tertiary/aromatic N) is 3. The van der Waals surface area contributed by atoms with Crippen LogP contribution in [0.3, 0.4) is 0 Å². The smallest absolute Gasteiger partial charge is 0.227 e. The summed E-state index contributed by atoms with van der Waals surface area (Å²) in [4.78, 5) is 8.58. The first-order valence-corrected chi connectivity index (χ1v) is 7.34. The number of piperidine rings is 1. The molecule has 0 spiro atoms. The van der Waals surface area contributed by atoms with E-state index in [0.29, 0.717) is 22.4 Å². The lowest BCUT2D eigenvalue weighted by molar-refractivity contribution is 0.324. The van der Waals surface area contributed by atoms with Gasteiger partial charge in [-0.3, -0.25) is 4.98 Å². The van der Waals surface area contributed by atoms with Crippen LogP contribution >= 0.6 is 11.6 Å². The van der Waals surface area contributed by atoms with Gasteiger partial charge >= 0.3 is 0 Å².